The highest BCUT2D eigenvalue weighted by Crippen LogP contribution is 2.29. The molecule has 2 aromatic carbocycles. The zero-order valence-corrected chi connectivity index (χ0v) is 17.5. The van der Waals surface area contributed by atoms with Gasteiger partial charge in [-0.15, -0.1) is 0 Å². The van der Waals surface area contributed by atoms with Crippen LogP contribution in [0, 0.1) is 18.3 Å². The summed E-state index contributed by atoms with van der Waals surface area (Å²) >= 11 is 0. The van der Waals surface area contributed by atoms with Gasteiger partial charge in [0.25, 0.3) is 5.91 Å². The molecule has 0 spiro atoms. The molecule has 30 heavy (non-hydrogen) atoms. The van der Waals surface area contributed by atoms with E-state index in [1.54, 1.807) is 12.1 Å². The third kappa shape index (κ3) is 5.18. The Labute approximate surface area is 177 Å². The molecule has 3 rings (SSSR count). The molecule has 0 bridgehead atoms. The summed E-state index contributed by atoms with van der Waals surface area (Å²) in [6.07, 6.45) is 2.02. The van der Waals surface area contributed by atoms with Crippen LogP contribution in [0.2, 0.25) is 0 Å². The fourth-order valence-corrected chi connectivity index (χ4v) is 3.66. The van der Waals surface area contributed by atoms with Crippen LogP contribution in [-0.2, 0) is 4.74 Å². The van der Waals surface area contributed by atoms with Gasteiger partial charge in [0.05, 0.1) is 18.2 Å². The summed E-state index contributed by atoms with van der Waals surface area (Å²) in [5.41, 5.74) is 3.90. The Kier molecular flexibility index (Phi) is 7.08. The van der Waals surface area contributed by atoms with Gasteiger partial charge in [0.1, 0.15) is 0 Å². The quantitative estimate of drug-likeness (QED) is 0.771. The number of carbonyl (C=O) groups is 2. The van der Waals surface area contributed by atoms with Gasteiger partial charge in [-0.3, -0.25) is 10.1 Å². The number of likely N-dealkylation sites (tertiary alicyclic amines) is 1. The molecular formula is C24H27N3O3. The van der Waals surface area contributed by atoms with E-state index in [1.807, 2.05) is 49.1 Å². The van der Waals surface area contributed by atoms with Crippen LogP contribution in [0.1, 0.15) is 59.2 Å². The summed E-state index contributed by atoms with van der Waals surface area (Å²) in [4.78, 5) is 26.7. The number of nitriles is 1. The standard InChI is InChI=1S/C24H27N3O3/c1-3-14-30-24(29)26-22-15-21(7-4-17(22)2)23(28)27-12-10-20(11-13-27)19-8-5-18(16-25)6-9-19/h4-9,15,20H,3,10-14H2,1-2H3,(H,26,29). The van der Waals surface area contributed by atoms with E-state index in [2.05, 4.69) is 11.4 Å². The molecule has 6 heteroatoms. The van der Waals surface area contributed by atoms with Crippen molar-refractivity contribution in [2.45, 2.75) is 39.0 Å². The number of aryl methyl sites for hydroxylation is 1. The molecule has 0 saturated carbocycles. The average molecular weight is 405 g/mol. The predicted octanol–water partition coefficient (Wildman–Crippen LogP) is 4.85. The molecule has 1 aliphatic rings. The van der Waals surface area contributed by atoms with Gasteiger partial charge in [0.15, 0.2) is 0 Å². The third-order valence-electron chi connectivity index (χ3n) is 5.45. The topological polar surface area (TPSA) is 82.4 Å². The summed E-state index contributed by atoms with van der Waals surface area (Å²) in [6.45, 7) is 5.53. The van der Waals surface area contributed by atoms with E-state index in [9.17, 15) is 9.59 Å². The van der Waals surface area contributed by atoms with Crippen molar-refractivity contribution in [3.8, 4) is 6.07 Å². The Hall–Kier alpha value is -3.33. The van der Waals surface area contributed by atoms with E-state index < -0.39 is 6.09 Å². The van der Waals surface area contributed by atoms with Crippen LogP contribution < -0.4 is 5.32 Å². The van der Waals surface area contributed by atoms with Gasteiger partial charge in [-0.25, -0.2) is 4.79 Å². The van der Waals surface area contributed by atoms with Gasteiger partial charge in [0, 0.05) is 24.3 Å². The highest BCUT2D eigenvalue weighted by Gasteiger charge is 2.25. The molecule has 1 saturated heterocycles. The van der Waals surface area contributed by atoms with E-state index in [-0.39, 0.29) is 5.91 Å². The second-order valence-electron chi connectivity index (χ2n) is 7.59. The smallest absolute Gasteiger partial charge is 0.411 e. The number of amides is 2. The summed E-state index contributed by atoms with van der Waals surface area (Å²) in [6, 6.07) is 15.2. The van der Waals surface area contributed by atoms with Crippen molar-refractivity contribution < 1.29 is 14.3 Å². The lowest BCUT2D eigenvalue weighted by Crippen LogP contribution is -2.38. The molecule has 156 valence electrons. The first kappa shape index (κ1) is 21.4. The van der Waals surface area contributed by atoms with Gasteiger partial charge in [-0.2, -0.15) is 5.26 Å². The first-order valence-electron chi connectivity index (χ1n) is 10.4. The maximum atomic E-state index is 13.0. The number of hydrogen-bond acceptors (Lipinski definition) is 4. The lowest BCUT2D eigenvalue weighted by atomic mass is 9.89. The Morgan fingerprint density at radius 3 is 2.50 bits per heavy atom. The molecule has 1 aliphatic heterocycles. The number of anilines is 1. The van der Waals surface area contributed by atoms with Gasteiger partial charge >= 0.3 is 6.09 Å². The van der Waals surface area contributed by atoms with Crippen LogP contribution >= 0.6 is 0 Å². The van der Waals surface area contributed by atoms with Crippen molar-refractivity contribution in [1.82, 2.24) is 4.90 Å². The van der Waals surface area contributed by atoms with Crippen LogP contribution in [0.4, 0.5) is 10.5 Å². The van der Waals surface area contributed by atoms with Crippen LogP contribution in [-0.4, -0.2) is 36.6 Å². The SMILES string of the molecule is CCCOC(=O)Nc1cc(C(=O)N2CCC(c3ccc(C#N)cc3)CC2)ccc1C. The van der Waals surface area contributed by atoms with Crippen LogP contribution in [0.15, 0.2) is 42.5 Å². The van der Waals surface area contributed by atoms with Crippen molar-refractivity contribution in [1.29, 1.82) is 5.26 Å². The number of carbonyl (C=O) groups excluding carboxylic acids is 2. The number of ether oxygens (including phenoxy) is 1. The van der Waals surface area contributed by atoms with Crippen molar-refractivity contribution in [2.24, 2.45) is 0 Å². The molecule has 0 aromatic heterocycles. The van der Waals surface area contributed by atoms with Crippen LogP contribution in [0.3, 0.4) is 0 Å². The predicted molar refractivity (Wildman–Crippen MR) is 115 cm³/mol. The molecular weight excluding hydrogens is 378 g/mol. The third-order valence-corrected chi connectivity index (χ3v) is 5.45. The molecule has 2 aromatic rings. The molecule has 6 nitrogen and oxygen atoms in total. The van der Waals surface area contributed by atoms with Gasteiger partial charge in [0.2, 0.25) is 0 Å². The summed E-state index contributed by atoms with van der Waals surface area (Å²) in [5, 5.41) is 11.7. The second kappa shape index (κ2) is 9.93. The first-order chi connectivity index (χ1) is 14.5. The number of nitrogens with one attached hydrogen (secondary N) is 1. The number of hydrogen-bond donors (Lipinski definition) is 1. The van der Waals surface area contributed by atoms with Crippen LogP contribution in [0.5, 0.6) is 0 Å². The Balaban J connectivity index is 1.62. The molecule has 1 N–H and O–H groups in total. The largest absolute Gasteiger partial charge is 0.449 e. The minimum absolute atomic E-state index is 0.0294. The molecule has 2 amide bonds. The minimum atomic E-state index is -0.507. The first-order valence-corrected chi connectivity index (χ1v) is 10.4. The molecule has 0 aliphatic carbocycles. The van der Waals surface area contributed by atoms with Gasteiger partial charge in [-0.1, -0.05) is 25.1 Å². The monoisotopic (exact) mass is 405 g/mol. The second-order valence-corrected chi connectivity index (χ2v) is 7.59. The van der Waals surface area contributed by atoms with Crippen LogP contribution in [0.25, 0.3) is 0 Å². The average Bonchev–Trinajstić information content (AvgIpc) is 2.79. The fourth-order valence-electron chi connectivity index (χ4n) is 3.66. The Morgan fingerprint density at radius 1 is 1.17 bits per heavy atom. The number of piperidine rings is 1. The lowest BCUT2D eigenvalue weighted by molar-refractivity contribution is 0.0713. The van der Waals surface area contributed by atoms with E-state index in [4.69, 9.17) is 10.00 Å². The van der Waals surface area contributed by atoms with Crippen molar-refractivity contribution in [3.05, 3.63) is 64.7 Å². The zero-order valence-electron chi connectivity index (χ0n) is 17.5. The summed E-state index contributed by atoms with van der Waals surface area (Å²) in [5.74, 6) is 0.364. The zero-order chi connectivity index (χ0) is 21.5. The number of nitrogens with zero attached hydrogens (tertiary/aromatic N) is 2. The Morgan fingerprint density at radius 2 is 1.87 bits per heavy atom. The minimum Gasteiger partial charge on any atom is -0.449 e. The van der Waals surface area contributed by atoms with E-state index in [1.165, 1.54) is 5.56 Å². The maximum Gasteiger partial charge on any atom is 0.411 e. The highest BCUT2D eigenvalue weighted by atomic mass is 16.5. The van der Waals surface area contributed by atoms with Crippen molar-refractivity contribution >= 4 is 17.7 Å². The van der Waals surface area contributed by atoms with E-state index in [0.29, 0.717) is 42.4 Å². The molecule has 0 atom stereocenters. The maximum absolute atomic E-state index is 13.0. The van der Waals surface area contributed by atoms with Gasteiger partial charge in [-0.05, 0) is 67.5 Å². The summed E-state index contributed by atoms with van der Waals surface area (Å²) in [7, 11) is 0. The van der Waals surface area contributed by atoms with E-state index in [0.717, 1.165) is 24.8 Å². The van der Waals surface area contributed by atoms with E-state index >= 15 is 0 Å². The normalized spacial score (nSPS) is 14.1. The molecule has 0 unspecified atom stereocenters. The molecule has 1 fully saturated rings. The van der Waals surface area contributed by atoms with Gasteiger partial charge < -0.3 is 9.64 Å². The van der Waals surface area contributed by atoms with Crippen molar-refractivity contribution in [3.63, 3.8) is 0 Å². The number of benzene rings is 2. The lowest BCUT2D eigenvalue weighted by Gasteiger charge is -2.32. The number of rotatable bonds is 5. The highest BCUT2D eigenvalue weighted by molar-refractivity contribution is 5.96. The molecule has 1 heterocycles. The Bertz CT molecular complexity index is 939. The summed E-state index contributed by atoms with van der Waals surface area (Å²) < 4.78 is 5.07. The van der Waals surface area contributed by atoms with Crippen molar-refractivity contribution in [2.75, 3.05) is 25.0 Å². The fraction of sp³-hybridized carbons (Fsp3) is 0.375. The molecule has 0 radical (unpaired) electrons.